The van der Waals surface area contributed by atoms with Crippen LogP contribution in [-0.4, -0.2) is 11.7 Å². The zero-order valence-corrected chi connectivity index (χ0v) is 7.80. The van der Waals surface area contributed by atoms with E-state index in [4.69, 9.17) is 11.6 Å². The quantitative estimate of drug-likeness (QED) is 0.215. The van der Waals surface area contributed by atoms with Crippen LogP contribution in [0.25, 0.3) is 0 Å². The van der Waals surface area contributed by atoms with Crippen molar-refractivity contribution < 1.29 is 4.79 Å². The van der Waals surface area contributed by atoms with Crippen LogP contribution in [0.4, 0.5) is 5.69 Å². The molecule has 1 aromatic carbocycles. The summed E-state index contributed by atoms with van der Waals surface area (Å²) in [5.74, 6) is 5.03. The molecule has 1 rings (SSSR count). The highest BCUT2D eigenvalue weighted by Crippen LogP contribution is 2.19. The third kappa shape index (κ3) is 3.35. The van der Waals surface area contributed by atoms with Gasteiger partial charge in [0.2, 0.25) is 5.91 Å². The summed E-state index contributed by atoms with van der Waals surface area (Å²) in [6, 6.07) is 7.35. The van der Waals surface area contributed by atoms with Crippen LogP contribution >= 0.6 is 11.8 Å². The van der Waals surface area contributed by atoms with Gasteiger partial charge in [-0.25, -0.2) is 5.84 Å². The lowest BCUT2D eigenvalue weighted by Crippen LogP contribution is -2.31. The van der Waals surface area contributed by atoms with Crippen LogP contribution in [0.2, 0.25) is 0 Å². The molecule has 0 fully saturated rings. The molecule has 0 aliphatic carbocycles. The molecule has 4 nitrogen and oxygen atoms in total. The molecule has 0 aromatic heterocycles. The fraction of sp³-hybridized carbons (Fsp3) is 0.125. The second-order valence-electron chi connectivity index (χ2n) is 2.43. The second kappa shape index (κ2) is 4.74. The summed E-state index contributed by atoms with van der Waals surface area (Å²) < 4.78 is 0. The van der Waals surface area contributed by atoms with Crippen LogP contribution in [0.3, 0.4) is 0 Å². The van der Waals surface area contributed by atoms with Gasteiger partial charge in [-0.15, -0.1) is 11.8 Å². The van der Waals surface area contributed by atoms with Gasteiger partial charge in [-0.3, -0.25) is 10.2 Å². The topological polar surface area (TPSA) is 81.1 Å². The molecule has 0 aliphatic heterocycles. The molecule has 5 heteroatoms. The van der Waals surface area contributed by atoms with Crippen LogP contribution in [0.15, 0.2) is 29.2 Å². The van der Waals surface area contributed by atoms with Crippen molar-refractivity contribution >= 4 is 23.4 Å². The molecule has 0 heterocycles. The van der Waals surface area contributed by atoms with Crippen molar-refractivity contribution in [3.05, 3.63) is 24.3 Å². The Bertz CT molecular complexity index is 303. The first-order chi connectivity index (χ1) is 6.22. The monoisotopic (exact) mass is 197 g/mol. The third-order valence-corrected chi connectivity index (χ3v) is 2.38. The molecule has 5 N–H and O–H groups in total. The highest BCUT2D eigenvalue weighted by molar-refractivity contribution is 8.00. The zero-order valence-electron chi connectivity index (χ0n) is 6.99. The molecular formula is C8H11N3OS. The fourth-order valence-corrected chi connectivity index (χ4v) is 1.57. The SMILES string of the molecule is NNC(=O)CSc1cccc(N)c1. The summed E-state index contributed by atoms with van der Waals surface area (Å²) in [5.41, 5.74) is 8.31. The standard InChI is InChI=1S/C8H11N3OS/c9-6-2-1-3-7(4-6)13-5-8(12)11-10/h1-4H,5,9-10H2,(H,11,12). The van der Waals surface area contributed by atoms with Gasteiger partial charge in [0.15, 0.2) is 0 Å². The van der Waals surface area contributed by atoms with E-state index < -0.39 is 0 Å². The van der Waals surface area contributed by atoms with Gasteiger partial charge in [-0.05, 0) is 18.2 Å². The number of carbonyl (C=O) groups excluding carboxylic acids is 1. The Labute approximate surface area is 80.6 Å². The summed E-state index contributed by atoms with van der Waals surface area (Å²) in [6.07, 6.45) is 0. The van der Waals surface area contributed by atoms with Gasteiger partial charge < -0.3 is 5.73 Å². The first-order valence-electron chi connectivity index (χ1n) is 3.70. The Morgan fingerprint density at radius 2 is 2.31 bits per heavy atom. The van der Waals surface area contributed by atoms with Crippen molar-refractivity contribution in [2.45, 2.75) is 4.90 Å². The van der Waals surface area contributed by atoms with E-state index in [1.807, 2.05) is 18.2 Å². The lowest BCUT2D eigenvalue weighted by Gasteiger charge is -2.01. The Hall–Kier alpha value is -1.20. The number of nitrogens with two attached hydrogens (primary N) is 2. The number of nitrogens with one attached hydrogen (secondary N) is 1. The number of rotatable bonds is 3. The molecule has 0 saturated carbocycles. The number of amides is 1. The summed E-state index contributed by atoms with van der Waals surface area (Å²) in [5, 5.41) is 0. The summed E-state index contributed by atoms with van der Waals surface area (Å²) in [4.78, 5) is 11.7. The summed E-state index contributed by atoms with van der Waals surface area (Å²) in [6.45, 7) is 0. The predicted molar refractivity (Wildman–Crippen MR) is 53.9 cm³/mol. The number of thioether (sulfide) groups is 1. The van der Waals surface area contributed by atoms with E-state index in [-0.39, 0.29) is 5.91 Å². The van der Waals surface area contributed by atoms with Crippen LogP contribution < -0.4 is 17.0 Å². The van der Waals surface area contributed by atoms with Gasteiger partial charge in [0.25, 0.3) is 0 Å². The van der Waals surface area contributed by atoms with Crippen molar-refractivity contribution in [2.24, 2.45) is 5.84 Å². The van der Waals surface area contributed by atoms with Crippen molar-refractivity contribution in [3.8, 4) is 0 Å². The lowest BCUT2D eigenvalue weighted by molar-refractivity contribution is -0.118. The molecular weight excluding hydrogens is 186 g/mol. The molecule has 0 atom stereocenters. The van der Waals surface area contributed by atoms with Crippen LogP contribution in [-0.2, 0) is 4.79 Å². The molecule has 1 amide bonds. The first kappa shape index (κ1) is 9.88. The van der Waals surface area contributed by atoms with Gasteiger partial charge >= 0.3 is 0 Å². The van der Waals surface area contributed by atoms with E-state index in [0.717, 1.165) is 4.90 Å². The van der Waals surface area contributed by atoms with Crippen molar-refractivity contribution in [1.82, 2.24) is 5.43 Å². The number of benzene rings is 1. The maximum atomic E-state index is 10.8. The Balaban J connectivity index is 2.50. The number of nitrogen functional groups attached to an aromatic ring is 1. The van der Waals surface area contributed by atoms with E-state index in [0.29, 0.717) is 11.4 Å². The Morgan fingerprint density at radius 3 is 2.92 bits per heavy atom. The molecule has 0 spiro atoms. The lowest BCUT2D eigenvalue weighted by atomic mass is 10.3. The zero-order chi connectivity index (χ0) is 9.68. The van der Waals surface area contributed by atoms with E-state index in [1.54, 1.807) is 6.07 Å². The van der Waals surface area contributed by atoms with Crippen LogP contribution in [0.1, 0.15) is 0 Å². The molecule has 0 bridgehead atoms. The van der Waals surface area contributed by atoms with E-state index in [2.05, 4.69) is 5.43 Å². The Kier molecular flexibility index (Phi) is 3.60. The predicted octanol–water partition coefficient (Wildman–Crippen LogP) is 0.351. The maximum Gasteiger partial charge on any atom is 0.244 e. The average molecular weight is 197 g/mol. The van der Waals surface area contributed by atoms with Gasteiger partial charge in [0, 0.05) is 10.6 Å². The second-order valence-corrected chi connectivity index (χ2v) is 3.48. The van der Waals surface area contributed by atoms with Gasteiger partial charge in [-0.2, -0.15) is 0 Å². The number of hydrogen-bond acceptors (Lipinski definition) is 4. The normalized spacial score (nSPS) is 9.62. The molecule has 0 saturated heterocycles. The van der Waals surface area contributed by atoms with Crippen molar-refractivity contribution in [3.63, 3.8) is 0 Å². The van der Waals surface area contributed by atoms with E-state index >= 15 is 0 Å². The number of hydrogen-bond donors (Lipinski definition) is 3. The van der Waals surface area contributed by atoms with Gasteiger partial charge in [0.1, 0.15) is 0 Å². The smallest absolute Gasteiger partial charge is 0.244 e. The highest BCUT2D eigenvalue weighted by Gasteiger charge is 1.99. The minimum atomic E-state index is -0.201. The van der Waals surface area contributed by atoms with E-state index in [1.165, 1.54) is 11.8 Å². The minimum absolute atomic E-state index is 0.201. The molecule has 70 valence electrons. The van der Waals surface area contributed by atoms with E-state index in [9.17, 15) is 4.79 Å². The minimum Gasteiger partial charge on any atom is -0.399 e. The molecule has 13 heavy (non-hydrogen) atoms. The first-order valence-corrected chi connectivity index (χ1v) is 4.68. The summed E-state index contributed by atoms with van der Waals surface area (Å²) >= 11 is 1.40. The maximum absolute atomic E-state index is 10.8. The van der Waals surface area contributed by atoms with Crippen molar-refractivity contribution in [1.29, 1.82) is 0 Å². The number of carbonyl (C=O) groups is 1. The van der Waals surface area contributed by atoms with Crippen molar-refractivity contribution in [2.75, 3.05) is 11.5 Å². The Morgan fingerprint density at radius 1 is 1.54 bits per heavy atom. The fourth-order valence-electron chi connectivity index (χ4n) is 0.795. The van der Waals surface area contributed by atoms with Gasteiger partial charge in [-0.1, -0.05) is 6.07 Å². The summed E-state index contributed by atoms with van der Waals surface area (Å²) in [7, 11) is 0. The largest absolute Gasteiger partial charge is 0.399 e. The molecule has 0 unspecified atom stereocenters. The third-order valence-electron chi connectivity index (χ3n) is 1.39. The van der Waals surface area contributed by atoms with Crippen LogP contribution in [0.5, 0.6) is 0 Å². The molecule has 0 aliphatic rings. The van der Waals surface area contributed by atoms with Gasteiger partial charge in [0.05, 0.1) is 5.75 Å². The molecule has 1 aromatic rings. The molecule has 0 radical (unpaired) electrons. The van der Waals surface area contributed by atoms with Crippen LogP contribution in [0, 0.1) is 0 Å². The number of hydrazine groups is 1. The number of anilines is 1. The highest BCUT2D eigenvalue weighted by atomic mass is 32.2. The average Bonchev–Trinajstić information content (AvgIpc) is 2.14.